The molecule has 1 unspecified atom stereocenters. The Bertz CT molecular complexity index is 156. The van der Waals surface area contributed by atoms with Crippen molar-refractivity contribution in [3.8, 4) is 0 Å². The van der Waals surface area contributed by atoms with Gasteiger partial charge in [-0.3, -0.25) is 0 Å². The van der Waals surface area contributed by atoms with E-state index in [1.807, 2.05) is 0 Å². The van der Waals surface area contributed by atoms with Crippen LogP contribution >= 0.6 is 12.6 Å². The van der Waals surface area contributed by atoms with E-state index in [1.54, 1.807) is 0 Å². The van der Waals surface area contributed by atoms with Crippen LogP contribution in [0, 0.1) is 5.92 Å². The van der Waals surface area contributed by atoms with Gasteiger partial charge in [0, 0.05) is 12.3 Å². The van der Waals surface area contributed by atoms with Crippen molar-refractivity contribution in [3.05, 3.63) is 0 Å². The highest BCUT2D eigenvalue weighted by molar-refractivity contribution is 7.80. The minimum absolute atomic E-state index is 0.473. The molecule has 64 valence electrons. The quantitative estimate of drug-likeness (QED) is 0.560. The smallest absolute Gasteiger partial charge is 0.0890 e. The molecule has 1 N–H and O–H groups in total. The third-order valence-corrected chi connectivity index (χ3v) is 3.67. The van der Waals surface area contributed by atoms with Gasteiger partial charge in [0.2, 0.25) is 0 Å². The van der Waals surface area contributed by atoms with E-state index in [4.69, 9.17) is 0 Å². The molecule has 3 aliphatic rings. The third-order valence-electron chi connectivity index (χ3n) is 3.12. The maximum absolute atomic E-state index is 10.1. The molecule has 0 aromatic carbocycles. The fraction of sp³-hybridized carbons (Fsp3) is 1.00. The average Bonchev–Trinajstić information content (AvgIpc) is 2.06. The topological polar surface area (TPSA) is 23.5 Å². The first-order valence-corrected chi connectivity index (χ1v) is 4.93. The monoisotopic (exact) mass is 173 g/mol. The molecule has 0 aliphatic carbocycles. The zero-order valence-corrected chi connectivity index (χ0v) is 7.56. The summed E-state index contributed by atoms with van der Waals surface area (Å²) in [7, 11) is 0. The van der Waals surface area contributed by atoms with Crippen molar-refractivity contribution in [3.63, 3.8) is 0 Å². The lowest BCUT2D eigenvalue weighted by Gasteiger charge is -2.49. The number of hydrogen-bond donors (Lipinski definition) is 2. The van der Waals surface area contributed by atoms with Crippen molar-refractivity contribution in [1.29, 1.82) is 0 Å². The van der Waals surface area contributed by atoms with Gasteiger partial charge in [-0.05, 0) is 31.8 Å². The van der Waals surface area contributed by atoms with Crippen LogP contribution in [0.25, 0.3) is 0 Å². The van der Waals surface area contributed by atoms with Gasteiger partial charge in [0.05, 0.1) is 5.60 Å². The molecule has 0 saturated carbocycles. The summed E-state index contributed by atoms with van der Waals surface area (Å²) in [5.41, 5.74) is -0.473. The summed E-state index contributed by atoms with van der Waals surface area (Å²) in [6, 6.07) is 0. The molecule has 0 radical (unpaired) electrons. The van der Waals surface area contributed by atoms with Crippen LogP contribution in [0.2, 0.25) is 0 Å². The van der Waals surface area contributed by atoms with Gasteiger partial charge in [-0.25, -0.2) is 0 Å². The maximum Gasteiger partial charge on any atom is 0.0890 e. The Kier molecular flexibility index (Phi) is 1.90. The van der Waals surface area contributed by atoms with Gasteiger partial charge in [-0.1, -0.05) is 0 Å². The number of rotatable bonds is 1. The van der Waals surface area contributed by atoms with Crippen molar-refractivity contribution >= 4 is 12.6 Å². The van der Waals surface area contributed by atoms with Crippen molar-refractivity contribution in [2.24, 2.45) is 5.92 Å². The largest absolute Gasteiger partial charge is 0.387 e. The molecule has 0 aromatic rings. The number of hydrogen-bond acceptors (Lipinski definition) is 3. The molecule has 2 bridgehead atoms. The number of aliphatic hydroxyl groups is 1. The van der Waals surface area contributed by atoms with Crippen molar-refractivity contribution in [2.75, 3.05) is 25.4 Å². The molecule has 0 spiro atoms. The Morgan fingerprint density at radius 3 is 2.36 bits per heavy atom. The minimum Gasteiger partial charge on any atom is -0.387 e. The molecule has 3 aliphatic heterocycles. The van der Waals surface area contributed by atoms with E-state index < -0.39 is 5.60 Å². The molecule has 3 heterocycles. The third kappa shape index (κ3) is 1.19. The van der Waals surface area contributed by atoms with Crippen molar-refractivity contribution in [2.45, 2.75) is 18.4 Å². The number of fused-ring (bicyclic) bond motifs is 3. The van der Waals surface area contributed by atoms with E-state index in [0.717, 1.165) is 19.4 Å². The maximum atomic E-state index is 10.1. The van der Waals surface area contributed by atoms with Gasteiger partial charge in [0.1, 0.15) is 0 Å². The van der Waals surface area contributed by atoms with Crippen LogP contribution in [-0.4, -0.2) is 41.0 Å². The van der Waals surface area contributed by atoms with Gasteiger partial charge in [0.15, 0.2) is 0 Å². The summed E-state index contributed by atoms with van der Waals surface area (Å²) in [5, 5.41) is 10.1. The van der Waals surface area contributed by atoms with E-state index in [0.29, 0.717) is 11.7 Å². The first-order chi connectivity index (χ1) is 5.24. The summed E-state index contributed by atoms with van der Waals surface area (Å²) in [4.78, 5) is 2.34. The van der Waals surface area contributed by atoms with Crippen molar-refractivity contribution < 1.29 is 5.11 Å². The highest BCUT2D eigenvalue weighted by Crippen LogP contribution is 2.35. The van der Waals surface area contributed by atoms with Crippen LogP contribution in [0.1, 0.15) is 12.8 Å². The standard InChI is InChI=1S/C8H15NOS/c10-8(6-11)5-9-3-1-7(8)2-4-9/h7,10-11H,1-6H2. The predicted molar refractivity (Wildman–Crippen MR) is 48.0 cm³/mol. The summed E-state index contributed by atoms with van der Waals surface area (Å²) >= 11 is 4.21. The molecule has 3 saturated heterocycles. The summed E-state index contributed by atoms with van der Waals surface area (Å²) in [5.74, 6) is 1.14. The number of thiol groups is 1. The molecule has 0 aromatic heterocycles. The molecule has 3 rings (SSSR count). The second-order valence-corrected chi connectivity index (χ2v) is 4.13. The number of nitrogens with zero attached hydrogens (tertiary/aromatic N) is 1. The Morgan fingerprint density at radius 2 is 2.09 bits per heavy atom. The van der Waals surface area contributed by atoms with Crippen LogP contribution in [0.4, 0.5) is 0 Å². The van der Waals surface area contributed by atoms with Crippen molar-refractivity contribution in [1.82, 2.24) is 4.90 Å². The Morgan fingerprint density at radius 1 is 1.45 bits per heavy atom. The fourth-order valence-corrected chi connectivity index (χ4v) is 2.68. The van der Waals surface area contributed by atoms with Crippen LogP contribution < -0.4 is 0 Å². The van der Waals surface area contributed by atoms with Gasteiger partial charge < -0.3 is 10.0 Å². The predicted octanol–water partition coefficient (Wildman–Crippen LogP) is 0.373. The lowest BCUT2D eigenvalue weighted by atomic mass is 9.76. The molecule has 1 atom stereocenters. The van der Waals surface area contributed by atoms with Gasteiger partial charge >= 0.3 is 0 Å². The van der Waals surface area contributed by atoms with E-state index in [-0.39, 0.29) is 0 Å². The summed E-state index contributed by atoms with van der Waals surface area (Å²) in [6.07, 6.45) is 2.33. The Hall–Kier alpha value is 0.270. The SMILES string of the molecule is OC1(CS)CN2CCC1CC2. The zero-order valence-electron chi connectivity index (χ0n) is 6.66. The second kappa shape index (κ2) is 2.64. The average molecular weight is 173 g/mol. The van der Waals surface area contributed by atoms with Gasteiger partial charge in [0.25, 0.3) is 0 Å². The first kappa shape index (κ1) is 7.90. The lowest BCUT2D eigenvalue weighted by Crippen LogP contribution is -2.60. The summed E-state index contributed by atoms with van der Waals surface area (Å²) < 4.78 is 0. The second-order valence-electron chi connectivity index (χ2n) is 3.81. The lowest BCUT2D eigenvalue weighted by molar-refractivity contribution is -0.0947. The van der Waals surface area contributed by atoms with Gasteiger partial charge in [-0.2, -0.15) is 12.6 Å². The van der Waals surface area contributed by atoms with E-state index in [2.05, 4.69) is 17.5 Å². The molecular formula is C8H15NOS. The molecule has 0 amide bonds. The molecular weight excluding hydrogens is 158 g/mol. The van der Waals surface area contributed by atoms with Crippen LogP contribution in [-0.2, 0) is 0 Å². The summed E-state index contributed by atoms with van der Waals surface area (Å²) in [6.45, 7) is 3.21. The highest BCUT2D eigenvalue weighted by Gasteiger charge is 2.44. The molecule has 3 heteroatoms. The highest BCUT2D eigenvalue weighted by atomic mass is 32.1. The van der Waals surface area contributed by atoms with Gasteiger partial charge in [-0.15, -0.1) is 0 Å². The first-order valence-electron chi connectivity index (χ1n) is 4.30. The Labute approximate surface area is 73.0 Å². The normalized spacial score (nSPS) is 49.6. The molecule has 3 fully saturated rings. The molecule has 11 heavy (non-hydrogen) atoms. The zero-order chi connectivity index (χ0) is 7.90. The van der Waals surface area contributed by atoms with Crippen LogP contribution in [0.5, 0.6) is 0 Å². The number of piperidine rings is 3. The van der Waals surface area contributed by atoms with E-state index in [1.165, 1.54) is 13.1 Å². The van der Waals surface area contributed by atoms with E-state index >= 15 is 0 Å². The van der Waals surface area contributed by atoms with Crippen LogP contribution in [0.15, 0.2) is 0 Å². The minimum atomic E-state index is -0.473. The Balaban J connectivity index is 2.13. The van der Waals surface area contributed by atoms with E-state index in [9.17, 15) is 5.11 Å². The van der Waals surface area contributed by atoms with Crippen LogP contribution in [0.3, 0.4) is 0 Å². The fourth-order valence-electron chi connectivity index (χ4n) is 2.32. The molecule has 2 nitrogen and oxygen atoms in total.